The van der Waals surface area contributed by atoms with Crippen LogP contribution in [-0.2, 0) is 24.4 Å². The molecule has 4 rings (SSSR count). The molecule has 2 N–H and O–H groups in total. The van der Waals surface area contributed by atoms with Crippen molar-refractivity contribution >= 4 is 39.1 Å². The molecule has 2 aliphatic heterocycles. The van der Waals surface area contributed by atoms with Crippen molar-refractivity contribution in [2.45, 2.75) is 38.1 Å². The summed E-state index contributed by atoms with van der Waals surface area (Å²) in [6.45, 7) is 2.80. The molecule has 10 nitrogen and oxygen atoms in total. The lowest BCUT2D eigenvalue weighted by molar-refractivity contribution is -0.148. The Hall–Kier alpha value is -2.82. The van der Waals surface area contributed by atoms with Gasteiger partial charge in [-0.05, 0) is 56.4 Å². The van der Waals surface area contributed by atoms with Crippen LogP contribution in [0.3, 0.4) is 0 Å². The van der Waals surface area contributed by atoms with E-state index in [4.69, 9.17) is 0 Å². The molecule has 11 heteroatoms. The number of carbonyl (C=O) groups excluding carboxylic acids is 3. The number of hydrogen-bond donors (Lipinski definition) is 2. The number of nitrogens with zero attached hydrogens (tertiary/aromatic N) is 3. The highest BCUT2D eigenvalue weighted by Gasteiger charge is 2.32. The van der Waals surface area contributed by atoms with E-state index >= 15 is 0 Å². The van der Waals surface area contributed by atoms with Crippen molar-refractivity contribution in [1.82, 2.24) is 15.1 Å². The van der Waals surface area contributed by atoms with Gasteiger partial charge in [-0.15, -0.1) is 0 Å². The topological polar surface area (TPSA) is 119 Å². The smallest absolute Gasteiger partial charge is 0.312 e. The van der Waals surface area contributed by atoms with Crippen molar-refractivity contribution < 1.29 is 22.8 Å². The van der Waals surface area contributed by atoms with Crippen LogP contribution in [0.2, 0.25) is 0 Å². The van der Waals surface area contributed by atoms with Crippen molar-refractivity contribution in [2.24, 2.45) is 0 Å². The summed E-state index contributed by atoms with van der Waals surface area (Å²) in [4.78, 5) is 41.8. The van der Waals surface area contributed by atoms with Crippen LogP contribution in [0.15, 0.2) is 24.3 Å². The van der Waals surface area contributed by atoms with Crippen LogP contribution >= 0.6 is 0 Å². The zero-order valence-electron chi connectivity index (χ0n) is 18.7. The molecule has 0 radical (unpaired) electrons. The number of piperidine rings is 1. The minimum Gasteiger partial charge on any atom is -0.372 e. The van der Waals surface area contributed by atoms with Crippen molar-refractivity contribution in [3.63, 3.8) is 0 Å². The lowest BCUT2D eigenvalue weighted by Crippen LogP contribution is -2.54. The van der Waals surface area contributed by atoms with Gasteiger partial charge < -0.3 is 20.0 Å². The van der Waals surface area contributed by atoms with Crippen molar-refractivity contribution in [2.75, 3.05) is 54.6 Å². The molecule has 3 aliphatic rings. The molecular weight excluding hydrogens is 446 g/mol. The maximum Gasteiger partial charge on any atom is 0.312 e. The molecule has 2 heterocycles. The van der Waals surface area contributed by atoms with Crippen LogP contribution in [-0.4, -0.2) is 87.0 Å². The van der Waals surface area contributed by atoms with E-state index in [1.807, 2.05) is 12.1 Å². The van der Waals surface area contributed by atoms with E-state index < -0.39 is 33.5 Å². The van der Waals surface area contributed by atoms with Crippen LogP contribution in [0.5, 0.6) is 0 Å². The van der Waals surface area contributed by atoms with Gasteiger partial charge in [0.2, 0.25) is 15.9 Å². The lowest BCUT2D eigenvalue weighted by Gasteiger charge is -2.34. The predicted molar refractivity (Wildman–Crippen MR) is 124 cm³/mol. The van der Waals surface area contributed by atoms with E-state index in [0.29, 0.717) is 5.69 Å². The molecule has 3 amide bonds. The zero-order chi connectivity index (χ0) is 23.4. The fourth-order valence-electron chi connectivity index (χ4n) is 4.14. The summed E-state index contributed by atoms with van der Waals surface area (Å²) in [5.41, 5.74) is 1.48. The first-order chi connectivity index (χ1) is 15.8. The summed E-state index contributed by atoms with van der Waals surface area (Å²) >= 11 is 0. The minimum absolute atomic E-state index is 0.1000. The van der Waals surface area contributed by atoms with Gasteiger partial charge in [-0.3, -0.25) is 19.1 Å². The molecule has 0 spiro atoms. The van der Waals surface area contributed by atoms with Gasteiger partial charge in [0.05, 0.1) is 0 Å². The van der Waals surface area contributed by atoms with E-state index in [0.717, 1.165) is 44.5 Å². The monoisotopic (exact) mass is 477 g/mol. The molecule has 0 bridgehead atoms. The number of rotatable bonds is 6. The van der Waals surface area contributed by atoms with Crippen molar-refractivity contribution in [1.29, 1.82) is 0 Å². The highest BCUT2D eigenvalue weighted by Crippen LogP contribution is 2.22. The van der Waals surface area contributed by atoms with Crippen molar-refractivity contribution in [3.8, 4) is 0 Å². The first-order valence-corrected chi connectivity index (χ1v) is 13.2. The molecule has 1 saturated carbocycles. The Balaban J connectivity index is 1.24. The van der Waals surface area contributed by atoms with E-state index in [9.17, 15) is 22.8 Å². The minimum atomic E-state index is -3.87. The molecule has 0 atom stereocenters. The third-order valence-electron chi connectivity index (χ3n) is 6.20. The molecule has 3 fully saturated rings. The van der Waals surface area contributed by atoms with E-state index in [1.165, 1.54) is 16.2 Å². The third kappa shape index (κ3) is 6.37. The maximum absolute atomic E-state index is 12.5. The van der Waals surface area contributed by atoms with Crippen LogP contribution in [0, 0.1) is 0 Å². The number of piperazine rings is 1. The molecule has 2 saturated heterocycles. The summed E-state index contributed by atoms with van der Waals surface area (Å²) in [6.07, 6.45) is 5.35. The standard InChI is InChI=1S/C22H31N5O5S/c28-20(26-12-14-27(15-13-26)22(30)21(29)23-17-4-5-17)16-33(31,32)24-18-6-8-19(9-7-18)25-10-2-1-3-11-25/h6-9,17,24H,1-5,10-16H2,(H,23,29). The van der Waals surface area contributed by atoms with Crippen molar-refractivity contribution in [3.05, 3.63) is 24.3 Å². The molecule has 1 aliphatic carbocycles. The Morgan fingerprint density at radius 1 is 0.848 bits per heavy atom. The second-order valence-corrected chi connectivity index (χ2v) is 10.6. The van der Waals surface area contributed by atoms with Crippen LogP contribution in [0.1, 0.15) is 32.1 Å². The quantitative estimate of drug-likeness (QED) is 0.572. The summed E-state index contributed by atoms with van der Waals surface area (Å²) in [5.74, 6) is -2.41. The van der Waals surface area contributed by atoms with Crippen LogP contribution in [0.25, 0.3) is 0 Å². The first-order valence-electron chi connectivity index (χ1n) is 11.5. The number of carbonyl (C=O) groups is 3. The third-order valence-corrected chi connectivity index (χ3v) is 7.38. The van der Waals surface area contributed by atoms with E-state index in [-0.39, 0.29) is 32.2 Å². The zero-order valence-corrected chi connectivity index (χ0v) is 19.5. The largest absolute Gasteiger partial charge is 0.372 e. The number of amides is 3. The summed E-state index contributed by atoms with van der Waals surface area (Å²) < 4.78 is 27.5. The molecule has 1 aromatic carbocycles. The lowest BCUT2D eigenvalue weighted by atomic mass is 10.1. The Labute approximate surface area is 194 Å². The Kier molecular flexibility index (Phi) is 7.06. The predicted octanol–water partition coefficient (Wildman–Crippen LogP) is 0.368. The molecule has 0 aromatic heterocycles. The Bertz CT molecular complexity index is 979. The van der Waals surface area contributed by atoms with Gasteiger partial charge >= 0.3 is 11.8 Å². The number of nitrogens with one attached hydrogen (secondary N) is 2. The first kappa shape index (κ1) is 23.3. The van der Waals surface area contributed by atoms with Gasteiger partial charge in [-0.25, -0.2) is 8.42 Å². The van der Waals surface area contributed by atoms with Crippen LogP contribution in [0.4, 0.5) is 11.4 Å². The van der Waals surface area contributed by atoms with Gasteiger partial charge in [0.15, 0.2) is 0 Å². The fourth-order valence-corrected chi connectivity index (χ4v) is 5.21. The average molecular weight is 478 g/mol. The average Bonchev–Trinajstić information content (AvgIpc) is 3.63. The normalized spacial score (nSPS) is 19.2. The van der Waals surface area contributed by atoms with Gasteiger partial charge in [0, 0.05) is 56.7 Å². The molecular formula is C22H31N5O5S. The van der Waals surface area contributed by atoms with E-state index in [2.05, 4.69) is 14.9 Å². The molecule has 0 unspecified atom stereocenters. The molecule has 33 heavy (non-hydrogen) atoms. The summed E-state index contributed by atoms with van der Waals surface area (Å²) in [7, 11) is -3.87. The van der Waals surface area contributed by atoms with E-state index in [1.54, 1.807) is 12.1 Å². The fraction of sp³-hybridized carbons (Fsp3) is 0.591. The van der Waals surface area contributed by atoms with Gasteiger partial charge in [0.1, 0.15) is 5.75 Å². The van der Waals surface area contributed by atoms with Gasteiger partial charge in [-0.1, -0.05) is 0 Å². The number of hydrogen-bond acceptors (Lipinski definition) is 6. The number of anilines is 2. The summed E-state index contributed by atoms with van der Waals surface area (Å²) in [6, 6.07) is 7.30. The Morgan fingerprint density at radius 3 is 2.06 bits per heavy atom. The number of sulfonamides is 1. The van der Waals surface area contributed by atoms with Gasteiger partial charge in [-0.2, -0.15) is 0 Å². The molecule has 180 valence electrons. The number of benzene rings is 1. The van der Waals surface area contributed by atoms with Crippen LogP contribution < -0.4 is 14.9 Å². The highest BCUT2D eigenvalue weighted by atomic mass is 32.2. The second-order valence-electron chi connectivity index (χ2n) is 8.88. The maximum atomic E-state index is 12.5. The highest BCUT2D eigenvalue weighted by molar-refractivity contribution is 7.93. The Morgan fingerprint density at radius 2 is 1.45 bits per heavy atom. The molecule has 1 aromatic rings. The summed E-state index contributed by atoms with van der Waals surface area (Å²) in [5, 5.41) is 2.66. The van der Waals surface area contributed by atoms with Gasteiger partial charge in [0.25, 0.3) is 0 Å². The SMILES string of the molecule is O=C(NC1CC1)C(=O)N1CCN(C(=O)CS(=O)(=O)Nc2ccc(N3CCCCC3)cc2)CC1. The second kappa shape index (κ2) is 9.98.